The van der Waals surface area contributed by atoms with E-state index < -0.39 is 11.3 Å². The molecule has 1 aromatic heterocycles. The minimum atomic E-state index is -0.815. The van der Waals surface area contributed by atoms with E-state index in [0.717, 1.165) is 4.57 Å². The molecular formula is C22H20ClN3O4. The summed E-state index contributed by atoms with van der Waals surface area (Å²) in [5.74, 6) is -0.0790. The van der Waals surface area contributed by atoms with Crippen molar-refractivity contribution in [3.05, 3.63) is 86.6 Å². The number of aromatic nitrogens is 1. The van der Waals surface area contributed by atoms with Gasteiger partial charge in [-0.3, -0.25) is 4.79 Å². The van der Waals surface area contributed by atoms with Crippen molar-refractivity contribution in [3.8, 4) is 17.2 Å². The summed E-state index contributed by atoms with van der Waals surface area (Å²) >= 11 is 6.11. The standard InChI is InChI=1S/C20H14ClN3O4.C2H6/c21-16-9-12(23)3-8-17(16)27-14-6-7-15-18(10-14)28-20(26)24(19(15)25)13-4-1-11(22)2-5-13;1-2/h1-10H,22-23H2;1-2H3. The molecule has 1 heterocycles. The zero-order valence-corrected chi connectivity index (χ0v) is 17.1. The average molecular weight is 426 g/mol. The zero-order valence-electron chi connectivity index (χ0n) is 16.4. The molecule has 0 atom stereocenters. The first-order chi connectivity index (χ1) is 14.4. The fraction of sp³-hybridized carbons (Fsp3) is 0.0909. The Bertz CT molecular complexity index is 1310. The number of anilines is 2. The van der Waals surface area contributed by atoms with Crippen LogP contribution in [0, 0.1) is 0 Å². The molecular weight excluding hydrogens is 406 g/mol. The van der Waals surface area contributed by atoms with E-state index in [1.807, 2.05) is 13.8 Å². The summed E-state index contributed by atoms with van der Waals surface area (Å²) in [5.41, 5.74) is 12.3. The van der Waals surface area contributed by atoms with Crippen LogP contribution in [-0.4, -0.2) is 4.57 Å². The monoisotopic (exact) mass is 425 g/mol. The summed E-state index contributed by atoms with van der Waals surface area (Å²) in [4.78, 5) is 25.2. The summed E-state index contributed by atoms with van der Waals surface area (Å²) in [6, 6.07) is 15.7. The number of ether oxygens (including phenoxy) is 1. The van der Waals surface area contributed by atoms with E-state index in [4.69, 9.17) is 32.2 Å². The van der Waals surface area contributed by atoms with E-state index in [0.29, 0.717) is 33.6 Å². The molecule has 7 nitrogen and oxygen atoms in total. The zero-order chi connectivity index (χ0) is 21.8. The maximum Gasteiger partial charge on any atom is 0.426 e. The molecule has 3 aromatic carbocycles. The second-order valence-corrected chi connectivity index (χ2v) is 6.46. The van der Waals surface area contributed by atoms with Gasteiger partial charge < -0.3 is 20.6 Å². The van der Waals surface area contributed by atoms with Gasteiger partial charge >= 0.3 is 5.76 Å². The number of nitrogens with zero attached hydrogens (tertiary/aromatic N) is 1. The van der Waals surface area contributed by atoms with Crippen molar-refractivity contribution < 1.29 is 9.15 Å². The molecule has 4 aromatic rings. The predicted octanol–water partition coefficient (Wildman–Crippen LogP) is 4.58. The Hall–Kier alpha value is -3.71. The number of hydrogen-bond donors (Lipinski definition) is 2. The van der Waals surface area contributed by atoms with Crippen LogP contribution in [0.15, 0.2) is 74.7 Å². The quantitative estimate of drug-likeness (QED) is 0.464. The number of nitrogens with two attached hydrogens (primary N) is 2. The number of fused-ring (bicyclic) bond motifs is 1. The highest BCUT2D eigenvalue weighted by molar-refractivity contribution is 6.32. The molecule has 30 heavy (non-hydrogen) atoms. The van der Waals surface area contributed by atoms with Crippen LogP contribution < -0.4 is 27.5 Å². The molecule has 0 amide bonds. The van der Waals surface area contributed by atoms with Gasteiger partial charge in [-0.05, 0) is 54.6 Å². The number of rotatable bonds is 3. The van der Waals surface area contributed by atoms with Crippen molar-refractivity contribution >= 4 is 33.9 Å². The van der Waals surface area contributed by atoms with Gasteiger partial charge in [0.2, 0.25) is 0 Å². The molecule has 4 rings (SSSR count). The van der Waals surface area contributed by atoms with Gasteiger partial charge in [0.25, 0.3) is 5.56 Å². The fourth-order valence-corrected chi connectivity index (χ4v) is 2.97. The van der Waals surface area contributed by atoms with Crippen LogP contribution in [0.1, 0.15) is 13.8 Å². The van der Waals surface area contributed by atoms with Crippen LogP contribution in [0.2, 0.25) is 5.02 Å². The van der Waals surface area contributed by atoms with E-state index in [2.05, 4.69) is 0 Å². The minimum absolute atomic E-state index is 0.103. The maximum atomic E-state index is 12.8. The lowest BCUT2D eigenvalue weighted by Gasteiger charge is -2.09. The molecule has 4 N–H and O–H groups in total. The lowest BCUT2D eigenvalue weighted by Crippen LogP contribution is -2.30. The third-order valence-corrected chi connectivity index (χ3v) is 4.40. The Morgan fingerprint density at radius 2 is 1.57 bits per heavy atom. The topological polar surface area (TPSA) is 113 Å². The first kappa shape index (κ1) is 21.0. The predicted molar refractivity (Wildman–Crippen MR) is 120 cm³/mol. The molecule has 0 aliphatic rings. The van der Waals surface area contributed by atoms with Gasteiger partial charge in [0, 0.05) is 17.4 Å². The van der Waals surface area contributed by atoms with Crippen LogP contribution >= 0.6 is 11.6 Å². The Morgan fingerprint density at radius 1 is 0.900 bits per heavy atom. The number of hydrogen-bond acceptors (Lipinski definition) is 6. The highest BCUT2D eigenvalue weighted by atomic mass is 35.5. The first-order valence-electron chi connectivity index (χ1n) is 9.21. The van der Waals surface area contributed by atoms with Crippen molar-refractivity contribution in [2.75, 3.05) is 11.5 Å². The van der Waals surface area contributed by atoms with Crippen LogP contribution in [0.3, 0.4) is 0 Å². The van der Waals surface area contributed by atoms with E-state index in [-0.39, 0.29) is 11.0 Å². The Morgan fingerprint density at radius 3 is 2.23 bits per heavy atom. The third kappa shape index (κ3) is 4.16. The molecule has 0 aliphatic carbocycles. The molecule has 154 valence electrons. The third-order valence-electron chi connectivity index (χ3n) is 4.10. The lowest BCUT2D eigenvalue weighted by molar-refractivity contribution is 0.475. The molecule has 0 saturated heterocycles. The molecule has 0 fully saturated rings. The highest BCUT2D eigenvalue weighted by Gasteiger charge is 2.13. The summed E-state index contributed by atoms with van der Waals surface area (Å²) in [7, 11) is 0. The number of halogens is 1. The maximum absolute atomic E-state index is 12.8. The van der Waals surface area contributed by atoms with Gasteiger partial charge in [0.15, 0.2) is 0 Å². The van der Waals surface area contributed by atoms with E-state index in [9.17, 15) is 9.59 Å². The van der Waals surface area contributed by atoms with Crippen molar-refractivity contribution in [2.45, 2.75) is 13.8 Å². The number of nitrogen functional groups attached to an aromatic ring is 2. The fourth-order valence-electron chi connectivity index (χ4n) is 2.74. The van der Waals surface area contributed by atoms with Crippen molar-refractivity contribution in [3.63, 3.8) is 0 Å². The van der Waals surface area contributed by atoms with Gasteiger partial charge in [-0.2, -0.15) is 0 Å². The Kier molecular flexibility index (Phi) is 6.13. The second kappa shape index (κ2) is 8.75. The van der Waals surface area contributed by atoms with E-state index in [1.165, 1.54) is 12.1 Å². The van der Waals surface area contributed by atoms with E-state index >= 15 is 0 Å². The second-order valence-electron chi connectivity index (χ2n) is 6.05. The molecule has 0 bridgehead atoms. The SMILES string of the molecule is CC.Nc1ccc(-n2c(=O)oc3cc(Oc4ccc(N)cc4Cl)ccc3c2=O)cc1. The Balaban J connectivity index is 0.00000124. The van der Waals surface area contributed by atoms with Gasteiger partial charge in [-0.25, -0.2) is 9.36 Å². The molecule has 0 spiro atoms. The normalized spacial score (nSPS) is 10.4. The van der Waals surface area contributed by atoms with Gasteiger partial charge in [-0.1, -0.05) is 25.4 Å². The summed E-state index contributed by atoms with van der Waals surface area (Å²) < 4.78 is 12.0. The van der Waals surface area contributed by atoms with Crippen LogP contribution in [0.25, 0.3) is 16.7 Å². The number of benzene rings is 3. The van der Waals surface area contributed by atoms with Crippen LogP contribution in [0.5, 0.6) is 11.5 Å². The van der Waals surface area contributed by atoms with Crippen molar-refractivity contribution in [1.82, 2.24) is 4.57 Å². The summed E-state index contributed by atoms with van der Waals surface area (Å²) in [6.07, 6.45) is 0. The Labute approximate surface area is 177 Å². The van der Waals surface area contributed by atoms with Gasteiger partial charge in [-0.15, -0.1) is 0 Å². The largest absolute Gasteiger partial charge is 0.456 e. The first-order valence-corrected chi connectivity index (χ1v) is 9.59. The minimum Gasteiger partial charge on any atom is -0.456 e. The van der Waals surface area contributed by atoms with Gasteiger partial charge in [0.05, 0.1) is 16.1 Å². The molecule has 0 unspecified atom stereocenters. The van der Waals surface area contributed by atoms with Crippen molar-refractivity contribution in [1.29, 1.82) is 0 Å². The highest BCUT2D eigenvalue weighted by Crippen LogP contribution is 2.31. The average Bonchev–Trinajstić information content (AvgIpc) is 2.73. The van der Waals surface area contributed by atoms with Crippen LogP contribution in [0.4, 0.5) is 11.4 Å². The smallest absolute Gasteiger partial charge is 0.426 e. The van der Waals surface area contributed by atoms with Crippen molar-refractivity contribution in [2.24, 2.45) is 0 Å². The lowest BCUT2D eigenvalue weighted by atomic mass is 10.2. The van der Waals surface area contributed by atoms with E-state index in [1.54, 1.807) is 48.5 Å². The molecule has 0 aliphatic heterocycles. The summed E-state index contributed by atoms with van der Waals surface area (Å²) in [5, 5.41) is 0.562. The summed E-state index contributed by atoms with van der Waals surface area (Å²) in [6.45, 7) is 4.00. The van der Waals surface area contributed by atoms with Crippen LogP contribution in [-0.2, 0) is 0 Å². The molecule has 0 radical (unpaired) electrons. The molecule has 8 heteroatoms. The van der Waals surface area contributed by atoms with Gasteiger partial charge in [0.1, 0.15) is 17.1 Å². The molecule has 0 saturated carbocycles.